The Morgan fingerprint density at radius 2 is 2.36 bits per heavy atom. The molecule has 0 N–H and O–H groups in total. The summed E-state index contributed by atoms with van der Waals surface area (Å²) in [5.74, 6) is 0. The minimum atomic E-state index is 1.03. The van der Waals surface area contributed by atoms with Crippen LogP contribution in [0.1, 0.15) is 18.5 Å². The summed E-state index contributed by atoms with van der Waals surface area (Å²) in [5.41, 5.74) is 4.05. The van der Waals surface area contributed by atoms with Crippen LogP contribution >= 0.6 is 11.3 Å². The summed E-state index contributed by atoms with van der Waals surface area (Å²) < 4.78 is 0. The van der Waals surface area contributed by atoms with Crippen molar-refractivity contribution in [3.05, 3.63) is 16.6 Å². The molecule has 3 heteroatoms. The first-order chi connectivity index (χ1) is 5.45. The fourth-order valence-corrected chi connectivity index (χ4v) is 1.93. The largest absolute Gasteiger partial charge is 0.297 e. The van der Waals surface area contributed by atoms with Crippen molar-refractivity contribution in [2.24, 2.45) is 0 Å². The van der Waals surface area contributed by atoms with E-state index in [2.05, 4.69) is 20.8 Å². The lowest BCUT2D eigenvalue weighted by molar-refractivity contribution is 0.328. The maximum absolute atomic E-state index is 4.13. The molecule has 1 aliphatic heterocycles. The van der Waals surface area contributed by atoms with Gasteiger partial charge in [-0.15, -0.1) is 11.3 Å². The molecule has 2 nitrogen and oxygen atoms in total. The van der Waals surface area contributed by atoms with Crippen LogP contribution in [-0.4, -0.2) is 23.0 Å². The zero-order valence-electron chi connectivity index (χ0n) is 6.42. The number of rotatable bonds is 2. The first-order valence-corrected chi connectivity index (χ1v) is 4.86. The van der Waals surface area contributed by atoms with Crippen LogP contribution in [-0.2, 0) is 6.54 Å². The van der Waals surface area contributed by atoms with Crippen molar-refractivity contribution < 1.29 is 0 Å². The van der Waals surface area contributed by atoms with Crippen molar-refractivity contribution in [1.82, 2.24) is 9.88 Å². The SMILES string of the molecule is [c]1nc(CN2CCCC2)cs1. The van der Waals surface area contributed by atoms with E-state index in [1.54, 1.807) is 11.3 Å². The van der Waals surface area contributed by atoms with Gasteiger partial charge in [-0.25, -0.2) is 4.98 Å². The molecule has 1 aliphatic rings. The molecule has 2 heterocycles. The molecule has 0 amide bonds. The Bertz CT molecular complexity index is 202. The van der Waals surface area contributed by atoms with E-state index in [0.717, 1.165) is 6.54 Å². The quantitative estimate of drug-likeness (QED) is 0.664. The Kier molecular flexibility index (Phi) is 2.19. The molecule has 1 aromatic heterocycles. The summed E-state index contributed by atoms with van der Waals surface area (Å²) in [6.45, 7) is 3.52. The van der Waals surface area contributed by atoms with Crippen molar-refractivity contribution in [3.63, 3.8) is 0 Å². The number of hydrogen-bond donors (Lipinski definition) is 0. The van der Waals surface area contributed by atoms with Crippen LogP contribution in [0.15, 0.2) is 5.38 Å². The predicted octanol–water partition coefficient (Wildman–Crippen LogP) is 1.54. The molecule has 0 aliphatic carbocycles. The number of likely N-dealkylation sites (tertiary alicyclic amines) is 1. The van der Waals surface area contributed by atoms with Crippen molar-refractivity contribution in [1.29, 1.82) is 0 Å². The van der Waals surface area contributed by atoms with E-state index in [1.165, 1.54) is 31.6 Å². The van der Waals surface area contributed by atoms with Crippen molar-refractivity contribution in [3.8, 4) is 0 Å². The molecule has 1 aromatic rings. The second kappa shape index (κ2) is 3.32. The van der Waals surface area contributed by atoms with Gasteiger partial charge in [0.25, 0.3) is 0 Å². The Morgan fingerprint density at radius 1 is 1.55 bits per heavy atom. The van der Waals surface area contributed by atoms with Gasteiger partial charge < -0.3 is 0 Å². The highest BCUT2D eigenvalue weighted by Gasteiger charge is 2.11. The van der Waals surface area contributed by atoms with Gasteiger partial charge in [0, 0.05) is 11.9 Å². The van der Waals surface area contributed by atoms with E-state index in [1.807, 2.05) is 0 Å². The molecular weight excluding hydrogens is 156 g/mol. The molecule has 0 spiro atoms. The molecule has 2 rings (SSSR count). The number of hydrogen-bond acceptors (Lipinski definition) is 3. The molecule has 0 unspecified atom stereocenters. The summed E-state index contributed by atoms with van der Waals surface area (Å²) in [6, 6.07) is 0. The van der Waals surface area contributed by atoms with Gasteiger partial charge in [0.2, 0.25) is 0 Å². The van der Waals surface area contributed by atoms with E-state index in [9.17, 15) is 0 Å². The topological polar surface area (TPSA) is 16.1 Å². The third-order valence-corrected chi connectivity index (χ3v) is 2.61. The Labute approximate surface area is 70.9 Å². The Morgan fingerprint density at radius 3 is 3.00 bits per heavy atom. The Hall–Kier alpha value is -0.410. The van der Waals surface area contributed by atoms with Crippen LogP contribution in [0.25, 0.3) is 0 Å². The Balaban J connectivity index is 1.90. The standard InChI is InChI=1S/C8H11N2S/c1-2-4-10(3-1)5-8-6-11-7-9-8/h6H,1-5H2. The van der Waals surface area contributed by atoms with Crippen LogP contribution in [0.4, 0.5) is 0 Å². The summed E-state index contributed by atoms with van der Waals surface area (Å²) in [4.78, 5) is 6.58. The summed E-state index contributed by atoms with van der Waals surface area (Å²) in [7, 11) is 0. The number of nitrogens with zero attached hydrogens (tertiary/aromatic N) is 2. The average molecular weight is 167 g/mol. The molecule has 1 radical (unpaired) electrons. The highest BCUT2D eigenvalue weighted by atomic mass is 32.1. The monoisotopic (exact) mass is 167 g/mol. The van der Waals surface area contributed by atoms with E-state index < -0.39 is 0 Å². The predicted molar refractivity (Wildman–Crippen MR) is 45.5 cm³/mol. The van der Waals surface area contributed by atoms with Crippen LogP contribution in [0.5, 0.6) is 0 Å². The van der Waals surface area contributed by atoms with E-state index in [0.29, 0.717) is 0 Å². The van der Waals surface area contributed by atoms with Gasteiger partial charge in [-0.2, -0.15) is 0 Å². The van der Waals surface area contributed by atoms with Gasteiger partial charge in [0.1, 0.15) is 0 Å². The highest BCUT2D eigenvalue weighted by Crippen LogP contribution is 2.11. The number of thiazole rings is 1. The smallest absolute Gasteiger partial charge is 0.152 e. The fraction of sp³-hybridized carbons (Fsp3) is 0.625. The average Bonchev–Trinajstić information content (AvgIpc) is 2.60. The summed E-state index contributed by atoms with van der Waals surface area (Å²) >= 11 is 1.56. The van der Waals surface area contributed by atoms with E-state index >= 15 is 0 Å². The van der Waals surface area contributed by atoms with Gasteiger partial charge in [0.05, 0.1) is 5.69 Å². The van der Waals surface area contributed by atoms with Gasteiger partial charge in [-0.05, 0) is 25.9 Å². The lowest BCUT2D eigenvalue weighted by Crippen LogP contribution is -2.18. The minimum Gasteiger partial charge on any atom is -0.297 e. The van der Waals surface area contributed by atoms with Crippen LogP contribution in [0.3, 0.4) is 0 Å². The molecule has 1 fully saturated rings. The zero-order valence-corrected chi connectivity index (χ0v) is 7.23. The molecule has 0 bridgehead atoms. The molecule has 0 saturated carbocycles. The molecule has 11 heavy (non-hydrogen) atoms. The molecule has 0 atom stereocenters. The normalized spacial score (nSPS) is 19.3. The lowest BCUT2D eigenvalue weighted by Gasteiger charge is -2.11. The summed E-state index contributed by atoms with van der Waals surface area (Å²) in [6.07, 6.45) is 2.71. The number of aromatic nitrogens is 1. The van der Waals surface area contributed by atoms with Gasteiger partial charge >= 0.3 is 0 Å². The second-order valence-corrected chi connectivity index (χ2v) is 3.57. The van der Waals surface area contributed by atoms with Crippen LogP contribution in [0.2, 0.25) is 0 Å². The third-order valence-electron chi connectivity index (χ3n) is 2.02. The van der Waals surface area contributed by atoms with E-state index in [4.69, 9.17) is 0 Å². The second-order valence-electron chi connectivity index (χ2n) is 2.91. The molecule has 1 saturated heterocycles. The summed E-state index contributed by atoms with van der Waals surface area (Å²) in [5, 5.41) is 2.08. The van der Waals surface area contributed by atoms with Gasteiger partial charge in [0.15, 0.2) is 5.51 Å². The maximum Gasteiger partial charge on any atom is 0.152 e. The molecular formula is C8H11N2S. The van der Waals surface area contributed by atoms with E-state index in [-0.39, 0.29) is 0 Å². The maximum atomic E-state index is 4.13. The third kappa shape index (κ3) is 1.79. The molecule has 59 valence electrons. The zero-order chi connectivity index (χ0) is 7.52. The van der Waals surface area contributed by atoms with Crippen molar-refractivity contribution in [2.75, 3.05) is 13.1 Å². The van der Waals surface area contributed by atoms with Crippen LogP contribution in [0, 0.1) is 5.51 Å². The lowest BCUT2D eigenvalue weighted by atomic mass is 10.4. The first-order valence-electron chi connectivity index (χ1n) is 3.98. The highest BCUT2D eigenvalue weighted by molar-refractivity contribution is 7.07. The minimum absolute atomic E-state index is 1.03. The van der Waals surface area contributed by atoms with Crippen LogP contribution < -0.4 is 0 Å². The molecule has 0 aromatic carbocycles. The van der Waals surface area contributed by atoms with Crippen molar-refractivity contribution >= 4 is 11.3 Å². The van der Waals surface area contributed by atoms with Gasteiger partial charge in [-0.3, -0.25) is 4.90 Å². The van der Waals surface area contributed by atoms with Crippen molar-refractivity contribution in [2.45, 2.75) is 19.4 Å². The van der Waals surface area contributed by atoms with Gasteiger partial charge in [-0.1, -0.05) is 0 Å². The first kappa shape index (κ1) is 7.25. The fourth-order valence-electron chi connectivity index (χ4n) is 1.45.